The average molecular weight is 677 g/mol. The fourth-order valence-corrected chi connectivity index (χ4v) is 8.83. The number of hydrogen-bond donors (Lipinski definition) is 0. The Balaban J connectivity index is 1.24. The summed E-state index contributed by atoms with van der Waals surface area (Å²) in [7, 11) is 0. The molecule has 3 aromatic heterocycles. The number of furan rings is 3. The molecule has 0 saturated heterocycles. The molecule has 3 heterocycles. The van der Waals surface area contributed by atoms with Gasteiger partial charge in [-0.15, -0.1) is 0 Å². The molecule has 0 aliphatic rings. The minimum absolute atomic E-state index is 0.887. The van der Waals surface area contributed by atoms with Gasteiger partial charge in [-0.1, -0.05) is 121 Å². The van der Waals surface area contributed by atoms with E-state index in [1.165, 1.54) is 32.7 Å². The maximum atomic E-state index is 6.43. The van der Waals surface area contributed by atoms with Gasteiger partial charge < -0.3 is 13.3 Å². The fourth-order valence-electron chi connectivity index (χ4n) is 8.83. The van der Waals surface area contributed by atoms with Gasteiger partial charge in [-0.05, 0) is 103 Å². The molecule has 0 unspecified atom stereocenters. The molecule has 246 valence electrons. The van der Waals surface area contributed by atoms with Crippen LogP contribution in [0.1, 0.15) is 0 Å². The molecule has 3 heteroatoms. The number of para-hydroxylation sites is 3. The maximum Gasteiger partial charge on any atom is 0.136 e. The summed E-state index contributed by atoms with van der Waals surface area (Å²) in [6.45, 7) is 0. The van der Waals surface area contributed by atoms with Crippen LogP contribution in [0.25, 0.3) is 121 Å². The SMILES string of the molecule is c1ccc2c(c1)oc1ccc(-c3c4ccccc4c(-c4cccc5oc6ccccc6c45)c4ccc(-c5cccc6oc7ccccc7c56)cc34)cc12. The molecule has 0 radical (unpaired) electrons. The van der Waals surface area contributed by atoms with Crippen molar-refractivity contribution in [1.29, 1.82) is 0 Å². The Labute approximate surface area is 302 Å². The molecule has 0 saturated carbocycles. The molecule has 12 aromatic rings. The highest BCUT2D eigenvalue weighted by Gasteiger charge is 2.22. The van der Waals surface area contributed by atoms with Crippen molar-refractivity contribution in [3.05, 3.63) is 170 Å². The van der Waals surface area contributed by atoms with Gasteiger partial charge in [0.25, 0.3) is 0 Å². The summed E-state index contributed by atoms with van der Waals surface area (Å²) in [4.78, 5) is 0. The lowest BCUT2D eigenvalue weighted by molar-refractivity contribution is 0.668. The predicted molar refractivity (Wildman–Crippen MR) is 220 cm³/mol. The first-order valence-corrected chi connectivity index (χ1v) is 18.0. The van der Waals surface area contributed by atoms with Gasteiger partial charge in [0.15, 0.2) is 0 Å². The molecule has 0 aliphatic heterocycles. The van der Waals surface area contributed by atoms with Crippen LogP contribution < -0.4 is 0 Å². The van der Waals surface area contributed by atoms with Crippen LogP contribution in [0.5, 0.6) is 0 Å². The molecule has 0 bridgehead atoms. The average Bonchev–Trinajstić information content (AvgIpc) is 3.91. The first-order chi connectivity index (χ1) is 26.3. The Morgan fingerprint density at radius 3 is 1.40 bits per heavy atom. The van der Waals surface area contributed by atoms with E-state index < -0.39 is 0 Å². The van der Waals surface area contributed by atoms with Gasteiger partial charge in [0.05, 0.1) is 0 Å². The van der Waals surface area contributed by atoms with Crippen LogP contribution in [0, 0.1) is 0 Å². The molecule has 9 aromatic carbocycles. The summed E-state index contributed by atoms with van der Waals surface area (Å²) < 4.78 is 19.1. The van der Waals surface area contributed by atoms with Crippen LogP contribution >= 0.6 is 0 Å². The van der Waals surface area contributed by atoms with Crippen LogP contribution in [0.4, 0.5) is 0 Å². The normalized spacial score (nSPS) is 12.2. The molecule has 53 heavy (non-hydrogen) atoms. The third kappa shape index (κ3) is 4.05. The van der Waals surface area contributed by atoms with Gasteiger partial charge in [0.1, 0.15) is 33.5 Å². The number of benzene rings is 9. The maximum absolute atomic E-state index is 6.43. The quantitative estimate of drug-likeness (QED) is 0.175. The van der Waals surface area contributed by atoms with Gasteiger partial charge in [0.2, 0.25) is 0 Å². The molecule has 0 amide bonds. The summed E-state index contributed by atoms with van der Waals surface area (Å²) >= 11 is 0. The third-order valence-electron chi connectivity index (χ3n) is 11.1. The van der Waals surface area contributed by atoms with E-state index in [4.69, 9.17) is 13.3 Å². The molecule has 0 aliphatic carbocycles. The highest BCUT2D eigenvalue weighted by atomic mass is 16.3. The molecular formula is C50H28O3. The van der Waals surface area contributed by atoms with E-state index in [9.17, 15) is 0 Å². The number of hydrogen-bond acceptors (Lipinski definition) is 3. The van der Waals surface area contributed by atoms with Crippen LogP contribution in [-0.2, 0) is 0 Å². The standard InChI is InChI=1S/C50H28O3/c1-2-13-34-33(12-1)47(30-24-26-44-39(28-30)32-11-3-6-18-41(32)51-44)40-27-29(31-16-9-21-45-49(31)36-14-4-7-19-42(36)52-45)23-25-35(40)48(34)38-17-10-22-46-50(38)37-15-5-8-20-43(37)53-46/h1-28H. The van der Waals surface area contributed by atoms with Gasteiger partial charge in [-0.25, -0.2) is 0 Å². The summed E-state index contributed by atoms with van der Waals surface area (Å²) in [5, 5.41) is 11.5. The zero-order valence-electron chi connectivity index (χ0n) is 28.4. The molecule has 0 spiro atoms. The van der Waals surface area contributed by atoms with E-state index in [1.807, 2.05) is 30.3 Å². The largest absolute Gasteiger partial charge is 0.456 e. The molecule has 0 fully saturated rings. The van der Waals surface area contributed by atoms with Crippen LogP contribution in [-0.4, -0.2) is 0 Å². The van der Waals surface area contributed by atoms with Gasteiger partial charge in [-0.3, -0.25) is 0 Å². The van der Waals surface area contributed by atoms with Crippen molar-refractivity contribution in [2.75, 3.05) is 0 Å². The number of rotatable bonds is 3. The summed E-state index contributed by atoms with van der Waals surface area (Å²) in [6.07, 6.45) is 0. The summed E-state index contributed by atoms with van der Waals surface area (Å²) in [6, 6.07) is 60.3. The number of fused-ring (bicyclic) bond motifs is 11. The lowest BCUT2D eigenvalue weighted by Gasteiger charge is -2.19. The van der Waals surface area contributed by atoms with E-state index >= 15 is 0 Å². The Hall–Kier alpha value is -7.10. The molecule has 0 atom stereocenters. The van der Waals surface area contributed by atoms with E-state index in [0.29, 0.717) is 0 Å². The Morgan fingerprint density at radius 2 is 0.698 bits per heavy atom. The van der Waals surface area contributed by atoms with Crippen molar-refractivity contribution < 1.29 is 13.3 Å². The first kappa shape index (κ1) is 28.6. The van der Waals surface area contributed by atoms with Gasteiger partial charge in [0, 0.05) is 32.3 Å². The Bertz CT molecular complexity index is 3460. The zero-order valence-corrected chi connectivity index (χ0v) is 28.4. The lowest BCUT2D eigenvalue weighted by Crippen LogP contribution is -1.92. The zero-order chi connectivity index (χ0) is 34.6. The second-order valence-corrected chi connectivity index (χ2v) is 13.9. The van der Waals surface area contributed by atoms with Crippen LogP contribution in [0.2, 0.25) is 0 Å². The van der Waals surface area contributed by atoms with Crippen LogP contribution in [0.15, 0.2) is 183 Å². The Morgan fingerprint density at radius 1 is 0.245 bits per heavy atom. The molecular weight excluding hydrogens is 649 g/mol. The van der Waals surface area contributed by atoms with Crippen LogP contribution in [0.3, 0.4) is 0 Å². The van der Waals surface area contributed by atoms with Crippen molar-refractivity contribution in [3.8, 4) is 33.4 Å². The monoisotopic (exact) mass is 676 g/mol. The van der Waals surface area contributed by atoms with E-state index in [1.54, 1.807) is 0 Å². The minimum Gasteiger partial charge on any atom is -0.456 e. The lowest BCUT2D eigenvalue weighted by atomic mass is 9.83. The predicted octanol–water partition coefficient (Wildman–Crippen LogP) is 14.7. The highest BCUT2D eigenvalue weighted by Crippen LogP contribution is 2.49. The molecule has 3 nitrogen and oxygen atoms in total. The van der Waals surface area contributed by atoms with E-state index in [2.05, 4.69) is 140 Å². The van der Waals surface area contributed by atoms with E-state index in [-0.39, 0.29) is 0 Å². The Kier molecular flexibility index (Phi) is 5.77. The fraction of sp³-hybridized carbons (Fsp3) is 0. The topological polar surface area (TPSA) is 39.4 Å². The van der Waals surface area contributed by atoms with Gasteiger partial charge in [-0.2, -0.15) is 0 Å². The van der Waals surface area contributed by atoms with Crippen molar-refractivity contribution >= 4 is 87.4 Å². The van der Waals surface area contributed by atoms with Crippen molar-refractivity contribution in [2.24, 2.45) is 0 Å². The minimum atomic E-state index is 0.887. The molecule has 0 N–H and O–H groups in total. The smallest absolute Gasteiger partial charge is 0.136 e. The second-order valence-electron chi connectivity index (χ2n) is 13.9. The van der Waals surface area contributed by atoms with Gasteiger partial charge >= 0.3 is 0 Å². The second kappa shape index (κ2) is 10.7. The van der Waals surface area contributed by atoms with E-state index in [0.717, 1.165) is 88.1 Å². The first-order valence-electron chi connectivity index (χ1n) is 18.0. The highest BCUT2D eigenvalue weighted by molar-refractivity contribution is 6.27. The van der Waals surface area contributed by atoms with Crippen molar-refractivity contribution in [2.45, 2.75) is 0 Å². The van der Waals surface area contributed by atoms with Crippen molar-refractivity contribution in [1.82, 2.24) is 0 Å². The van der Waals surface area contributed by atoms with Crippen molar-refractivity contribution in [3.63, 3.8) is 0 Å². The third-order valence-corrected chi connectivity index (χ3v) is 11.1. The molecule has 12 rings (SSSR count). The summed E-state index contributed by atoms with van der Waals surface area (Å²) in [5.41, 5.74) is 12.3. The summed E-state index contributed by atoms with van der Waals surface area (Å²) in [5.74, 6) is 0.